The number of aromatic nitrogens is 2. The van der Waals surface area contributed by atoms with Gasteiger partial charge in [-0.3, -0.25) is 4.57 Å². The fourth-order valence-electron chi connectivity index (χ4n) is 2.10. The van der Waals surface area contributed by atoms with Gasteiger partial charge in [0.15, 0.2) is 11.4 Å². The van der Waals surface area contributed by atoms with Crippen molar-refractivity contribution in [3.8, 4) is 23.6 Å². The zero-order valence-corrected chi connectivity index (χ0v) is 11.2. The highest BCUT2D eigenvalue weighted by Crippen LogP contribution is 2.30. The number of hydrogen-bond donors (Lipinski definition) is 1. The van der Waals surface area contributed by atoms with Crippen LogP contribution in [-0.4, -0.2) is 16.7 Å². The van der Waals surface area contributed by atoms with Crippen molar-refractivity contribution in [2.45, 2.75) is 13.0 Å². The molecule has 0 aliphatic rings. The molecule has 6 nitrogen and oxygen atoms in total. The van der Waals surface area contributed by atoms with Crippen molar-refractivity contribution >= 4 is 0 Å². The average Bonchev–Trinajstić information content (AvgIpc) is 2.88. The molecule has 2 N–H and O–H groups in total. The number of hydrogen-bond acceptors (Lipinski definition) is 5. The number of benzene rings is 1. The highest BCUT2D eigenvalue weighted by Gasteiger charge is 2.18. The van der Waals surface area contributed by atoms with E-state index in [1.807, 2.05) is 25.1 Å². The topological polar surface area (TPSA) is 101 Å². The Balaban J connectivity index is 2.75. The summed E-state index contributed by atoms with van der Waals surface area (Å²) in [5, 5.41) is 18.2. The van der Waals surface area contributed by atoms with Crippen molar-refractivity contribution in [2.24, 2.45) is 5.73 Å². The molecule has 0 radical (unpaired) electrons. The Labute approximate surface area is 116 Å². The van der Waals surface area contributed by atoms with Gasteiger partial charge < -0.3 is 10.5 Å². The lowest BCUT2D eigenvalue weighted by atomic mass is 10.0. The van der Waals surface area contributed by atoms with Crippen molar-refractivity contribution in [1.29, 1.82) is 10.5 Å². The van der Waals surface area contributed by atoms with Gasteiger partial charge in [-0.2, -0.15) is 10.5 Å². The maximum Gasteiger partial charge on any atom is 0.177 e. The molecular formula is C14H13N5O. The summed E-state index contributed by atoms with van der Waals surface area (Å²) in [7, 11) is 1.56. The van der Waals surface area contributed by atoms with Crippen LogP contribution in [0, 0.1) is 22.7 Å². The van der Waals surface area contributed by atoms with Gasteiger partial charge in [-0.15, -0.1) is 0 Å². The second-order valence-electron chi connectivity index (χ2n) is 4.22. The van der Waals surface area contributed by atoms with Crippen LogP contribution in [0.1, 0.15) is 29.9 Å². The van der Waals surface area contributed by atoms with Crippen molar-refractivity contribution in [2.75, 3.05) is 7.11 Å². The Morgan fingerprint density at radius 1 is 1.35 bits per heavy atom. The molecule has 1 atom stereocenters. The van der Waals surface area contributed by atoms with Gasteiger partial charge in [0.1, 0.15) is 24.2 Å². The quantitative estimate of drug-likeness (QED) is 0.911. The van der Waals surface area contributed by atoms with Crippen molar-refractivity contribution in [3.63, 3.8) is 0 Å². The molecule has 0 fully saturated rings. The van der Waals surface area contributed by atoms with Gasteiger partial charge in [0, 0.05) is 11.6 Å². The fraction of sp³-hybridized carbons (Fsp3) is 0.214. The van der Waals surface area contributed by atoms with E-state index in [9.17, 15) is 5.26 Å². The molecule has 0 saturated heterocycles. The van der Waals surface area contributed by atoms with Crippen LogP contribution in [0.4, 0.5) is 0 Å². The Hall–Kier alpha value is -2.83. The SMILES string of the molecule is COc1cccc(-n2cnc(C#N)c2C#N)c1[C@@H](C)N. The standard InChI is InChI=1S/C14H13N5O/c1-9(17)14-11(4-3-5-13(14)20-2)19-8-18-10(6-15)12(19)7-16/h3-5,8-9H,17H2,1-2H3/t9-/m1/s1. The van der Waals surface area contributed by atoms with Crippen LogP contribution in [0.2, 0.25) is 0 Å². The van der Waals surface area contributed by atoms with Crippen LogP contribution in [0.15, 0.2) is 24.5 Å². The molecule has 1 heterocycles. The van der Waals surface area contributed by atoms with Gasteiger partial charge >= 0.3 is 0 Å². The summed E-state index contributed by atoms with van der Waals surface area (Å²) in [5.41, 5.74) is 7.71. The van der Waals surface area contributed by atoms with E-state index in [-0.39, 0.29) is 17.4 Å². The summed E-state index contributed by atoms with van der Waals surface area (Å²) in [5.74, 6) is 0.633. The fourth-order valence-corrected chi connectivity index (χ4v) is 2.10. The Morgan fingerprint density at radius 2 is 2.10 bits per heavy atom. The van der Waals surface area contributed by atoms with Crippen LogP contribution < -0.4 is 10.5 Å². The van der Waals surface area contributed by atoms with Crippen LogP contribution in [-0.2, 0) is 0 Å². The second kappa shape index (κ2) is 5.43. The molecule has 0 spiro atoms. The molecule has 1 aromatic heterocycles. The molecule has 2 rings (SSSR count). The third-order valence-electron chi connectivity index (χ3n) is 2.96. The first-order chi connectivity index (χ1) is 9.63. The monoisotopic (exact) mass is 267 g/mol. The van der Waals surface area contributed by atoms with E-state index in [0.717, 1.165) is 5.56 Å². The average molecular weight is 267 g/mol. The molecule has 6 heteroatoms. The second-order valence-corrected chi connectivity index (χ2v) is 4.22. The molecular weight excluding hydrogens is 254 g/mol. The summed E-state index contributed by atoms with van der Waals surface area (Å²) in [6.07, 6.45) is 1.44. The number of nitrogens with zero attached hydrogens (tertiary/aromatic N) is 4. The van der Waals surface area contributed by atoms with Gasteiger partial charge in [0.05, 0.1) is 12.8 Å². The van der Waals surface area contributed by atoms with Crippen molar-refractivity contribution < 1.29 is 4.74 Å². The Kier molecular flexibility index (Phi) is 3.69. The molecule has 20 heavy (non-hydrogen) atoms. The predicted octanol–water partition coefficient (Wildman–Crippen LogP) is 1.64. The van der Waals surface area contributed by atoms with E-state index in [4.69, 9.17) is 15.7 Å². The third-order valence-corrected chi connectivity index (χ3v) is 2.96. The van der Waals surface area contributed by atoms with Crippen LogP contribution in [0.3, 0.4) is 0 Å². The van der Waals surface area contributed by atoms with Crippen LogP contribution in [0.5, 0.6) is 5.75 Å². The normalized spacial score (nSPS) is 11.4. The first kappa shape index (κ1) is 13.6. The predicted molar refractivity (Wildman–Crippen MR) is 72.1 cm³/mol. The van der Waals surface area contributed by atoms with Crippen molar-refractivity contribution in [1.82, 2.24) is 9.55 Å². The molecule has 1 aromatic carbocycles. The molecule has 0 bridgehead atoms. The minimum Gasteiger partial charge on any atom is -0.496 e. The third kappa shape index (κ3) is 2.09. The minimum atomic E-state index is -0.291. The van der Waals surface area contributed by atoms with Gasteiger partial charge in [0.2, 0.25) is 0 Å². The van der Waals surface area contributed by atoms with Gasteiger partial charge in [-0.1, -0.05) is 6.07 Å². The highest BCUT2D eigenvalue weighted by molar-refractivity contribution is 5.54. The molecule has 2 aromatic rings. The summed E-state index contributed by atoms with van der Waals surface area (Å²) in [6.45, 7) is 1.83. The Morgan fingerprint density at radius 3 is 2.65 bits per heavy atom. The smallest absolute Gasteiger partial charge is 0.177 e. The number of imidazole rings is 1. The van der Waals surface area contributed by atoms with E-state index in [2.05, 4.69) is 4.98 Å². The van der Waals surface area contributed by atoms with Crippen LogP contribution in [0.25, 0.3) is 5.69 Å². The zero-order chi connectivity index (χ0) is 14.7. The van der Waals surface area contributed by atoms with Gasteiger partial charge in [-0.25, -0.2) is 4.98 Å². The van der Waals surface area contributed by atoms with E-state index < -0.39 is 0 Å². The number of nitrogens with two attached hydrogens (primary N) is 1. The zero-order valence-electron chi connectivity index (χ0n) is 11.2. The van der Waals surface area contributed by atoms with Crippen LogP contribution >= 0.6 is 0 Å². The number of ether oxygens (including phenoxy) is 1. The molecule has 0 aliphatic heterocycles. The maximum absolute atomic E-state index is 9.21. The molecule has 0 saturated carbocycles. The number of rotatable bonds is 3. The summed E-state index contributed by atoms with van der Waals surface area (Å²) >= 11 is 0. The molecule has 0 unspecified atom stereocenters. The molecule has 100 valence electrons. The summed E-state index contributed by atoms with van der Waals surface area (Å²) < 4.78 is 6.87. The summed E-state index contributed by atoms with van der Waals surface area (Å²) in [4.78, 5) is 3.94. The number of nitriles is 2. The Bertz CT molecular complexity index is 718. The molecule has 0 aliphatic carbocycles. The van der Waals surface area contributed by atoms with Crippen molar-refractivity contribution in [3.05, 3.63) is 41.5 Å². The highest BCUT2D eigenvalue weighted by atomic mass is 16.5. The maximum atomic E-state index is 9.21. The van der Waals surface area contributed by atoms with Gasteiger partial charge in [0.25, 0.3) is 0 Å². The summed E-state index contributed by atoms with van der Waals surface area (Å²) in [6, 6.07) is 9.01. The van der Waals surface area contributed by atoms with E-state index in [1.165, 1.54) is 6.33 Å². The minimum absolute atomic E-state index is 0.0888. The largest absolute Gasteiger partial charge is 0.496 e. The molecule has 0 amide bonds. The van der Waals surface area contributed by atoms with Gasteiger partial charge in [-0.05, 0) is 19.1 Å². The lowest BCUT2D eigenvalue weighted by molar-refractivity contribution is 0.406. The number of methoxy groups -OCH3 is 1. The lowest BCUT2D eigenvalue weighted by Crippen LogP contribution is -2.12. The lowest BCUT2D eigenvalue weighted by Gasteiger charge is -2.17. The first-order valence-electron chi connectivity index (χ1n) is 5.94. The van der Waals surface area contributed by atoms with E-state index in [0.29, 0.717) is 11.4 Å². The first-order valence-corrected chi connectivity index (χ1v) is 5.94. The van der Waals surface area contributed by atoms with E-state index >= 15 is 0 Å². The van der Waals surface area contributed by atoms with E-state index in [1.54, 1.807) is 23.8 Å².